The highest BCUT2D eigenvalue weighted by atomic mass is 35.5. The highest BCUT2D eigenvalue weighted by Gasteiger charge is 2.06. The molecule has 0 saturated carbocycles. The van der Waals surface area contributed by atoms with Crippen molar-refractivity contribution >= 4 is 17.1 Å². The van der Waals surface area contributed by atoms with Crippen molar-refractivity contribution in [3.05, 3.63) is 53.8 Å². The SMILES string of the molecule is Oc1ccn2c(-c3cccc(Cl)c3)ncc2c1. The Hall–Kier alpha value is -2.00. The van der Waals surface area contributed by atoms with E-state index in [4.69, 9.17) is 11.6 Å². The van der Waals surface area contributed by atoms with Gasteiger partial charge in [-0.05, 0) is 18.2 Å². The maximum absolute atomic E-state index is 9.39. The van der Waals surface area contributed by atoms with E-state index in [-0.39, 0.29) is 5.75 Å². The zero-order valence-corrected chi connectivity index (χ0v) is 9.59. The molecule has 0 aliphatic heterocycles. The van der Waals surface area contributed by atoms with E-state index in [2.05, 4.69) is 4.98 Å². The maximum atomic E-state index is 9.39. The molecule has 0 radical (unpaired) electrons. The summed E-state index contributed by atoms with van der Waals surface area (Å²) in [7, 11) is 0. The second kappa shape index (κ2) is 3.79. The smallest absolute Gasteiger partial charge is 0.144 e. The Kier molecular flexibility index (Phi) is 2.27. The molecule has 2 aromatic heterocycles. The summed E-state index contributed by atoms with van der Waals surface area (Å²) in [6.45, 7) is 0. The third-order valence-electron chi connectivity index (χ3n) is 2.60. The fourth-order valence-electron chi connectivity index (χ4n) is 1.83. The van der Waals surface area contributed by atoms with E-state index in [0.29, 0.717) is 5.02 Å². The average Bonchev–Trinajstić information content (AvgIpc) is 2.71. The van der Waals surface area contributed by atoms with Crippen molar-refractivity contribution in [3.8, 4) is 17.1 Å². The number of nitrogens with zero attached hydrogens (tertiary/aromatic N) is 2. The Morgan fingerprint density at radius 3 is 2.88 bits per heavy atom. The second-order valence-electron chi connectivity index (χ2n) is 3.77. The summed E-state index contributed by atoms with van der Waals surface area (Å²) >= 11 is 5.96. The number of hydrogen-bond donors (Lipinski definition) is 1. The Bertz CT molecular complexity index is 691. The van der Waals surface area contributed by atoms with Crippen LogP contribution in [0.4, 0.5) is 0 Å². The van der Waals surface area contributed by atoms with E-state index < -0.39 is 0 Å². The minimum atomic E-state index is 0.232. The van der Waals surface area contributed by atoms with Gasteiger partial charge < -0.3 is 5.11 Å². The van der Waals surface area contributed by atoms with Gasteiger partial charge in [-0.25, -0.2) is 4.98 Å². The van der Waals surface area contributed by atoms with Crippen LogP contribution in [0.5, 0.6) is 5.75 Å². The molecule has 1 N–H and O–H groups in total. The molecule has 0 spiro atoms. The van der Waals surface area contributed by atoms with Gasteiger partial charge in [0.15, 0.2) is 0 Å². The van der Waals surface area contributed by atoms with Crippen LogP contribution in [-0.4, -0.2) is 14.5 Å². The van der Waals surface area contributed by atoms with E-state index >= 15 is 0 Å². The topological polar surface area (TPSA) is 37.5 Å². The zero-order chi connectivity index (χ0) is 11.8. The highest BCUT2D eigenvalue weighted by molar-refractivity contribution is 6.30. The van der Waals surface area contributed by atoms with E-state index in [1.165, 1.54) is 0 Å². The molecule has 3 aromatic rings. The van der Waals surface area contributed by atoms with Crippen LogP contribution in [0.15, 0.2) is 48.8 Å². The molecule has 0 saturated heterocycles. The van der Waals surface area contributed by atoms with Crippen molar-refractivity contribution in [2.45, 2.75) is 0 Å². The van der Waals surface area contributed by atoms with Crippen molar-refractivity contribution in [2.75, 3.05) is 0 Å². The van der Waals surface area contributed by atoms with Crippen LogP contribution < -0.4 is 0 Å². The maximum Gasteiger partial charge on any atom is 0.144 e. The van der Waals surface area contributed by atoms with E-state index in [9.17, 15) is 5.11 Å². The number of imidazole rings is 1. The molecular formula is C13H9ClN2O. The Morgan fingerprint density at radius 2 is 2.06 bits per heavy atom. The zero-order valence-electron chi connectivity index (χ0n) is 8.84. The van der Waals surface area contributed by atoms with Gasteiger partial charge in [-0.1, -0.05) is 23.7 Å². The lowest BCUT2D eigenvalue weighted by Gasteiger charge is -2.02. The van der Waals surface area contributed by atoms with Gasteiger partial charge in [-0.3, -0.25) is 4.40 Å². The van der Waals surface area contributed by atoms with Gasteiger partial charge in [0, 0.05) is 22.8 Å². The van der Waals surface area contributed by atoms with Crippen molar-refractivity contribution < 1.29 is 5.11 Å². The summed E-state index contributed by atoms with van der Waals surface area (Å²) in [5.74, 6) is 1.04. The molecule has 0 aliphatic carbocycles. The molecule has 4 heteroatoms. The molecule has 3 nitrogen and oxygen atoms in total. The lowest BCUT2D eigenvalue weighted by molar-refractivity contribution is 0.475. The van der Waals surface area contributed by atoms with Crippen molar-refractivity contribution in [2.24, 2.45) is 0 Å². The van der Waals surface area contributed by atoms with Gasteiger partial charge in [0.1, 0.15) is 11.6 Å². The van der Waals surface area contributed by atoms with E-state index in [0.717, 1.165) is 16.9 Å². The largest absolute Gasteiger partial charge is 0.508 e. The van der Waals surface area contributed by atoms with Crippen LogP contribution in [-0.2, 0) is 0 Å². The molecule has 0 unspecified atom stereocenters. The van der Waals surface area contributed by atoms with Crippen molar-refractivity contribution in [1.29, 1.82) is 0 Å². The predicted molar refractivity (Wildman–Crippen MR) is 67.3 cm³/mol. The molecule has 0 fully saturated rings. The first-order valence-electron chi connectivity index (χ1n) is 5.16. The lowest BCUT2D eigenvalue weighted by Crippen LogP contribution is -1.88. The number of fused-ring (bicyclic) bond motifs is 1. The molecule has 3 rings (SSSR count). The Morgan fingerprint density at radius 1 is 1.18 bits per heavy atom. The van der Waals surface area contributed by atoms with Gasteiger partial charge in [0.2, 0.25) is 0 Å². The molecule has 17 heavy (non-hydrogen) atoms. The Labute approximate surface area is 103 Å². The summed E-state index contributed by atoms with van der Waals surface area (Å²) in [4.78, 5) is 4.34. The number of halogens is 1. The minimum Gasteiger partial charge on any atom is -0.508 e. The normalized spacial score (nSPS) is 10.9. The first-order valence-corrected chi connectivity index (χ1v) is 5.54. The third kappa shape index (κ3) is 1.74. The first-order chi connectivity index (χ1) is 8.24. The number of aromatic hydroxyl groups is 1. The Balaban J connectivity index is 2.24. The molecule has 0 atom stereocenters. The second-order valence-corrected chi connectivity index (χ2v) is 4.21. The summed E-state index contributed by atoms with van der Waals surface area (Å²) in [5.41, 5.74) is 1.79. The average molecular weight is 245 g/mol. The van der Waals surface area contributed by atoms with Crippen LogP contribution in [0, 0.1) is 0 Å². The van der Waals surface area contributed by atoms with Crippen LogP contribution in [0.1, 0.15) is 0 Å². The molecule has 84 valence electrons. The van der Waals surface area contributed by atoms with Crippen LogP contribution in [0.3, 0.4) is 0 Å². The molecule has 0 amide bonds. The summed E-state index contributed by atoms with van der Waals surface area (Å²) in [5, 5.41) is 10.1. The predicted octanol–water partition coefficient (Wildman–Crippen LogP) is 3.36. The quantitative estimate of drug-likeness (QED) is 0.713. The van der Waals surface area contributed by atoms with Gasteiger partial charge in [-0.2, -0.15) is 0 Å². The van der Waals surface area contributed by atoms with Gasteiger partial charge in [0.25, 0.3) is 0 Å². The third-order valence-corrected chi connectivity index (χ3v) is 2.83. The van der Waals surface area contributed by atoms with Crippen LogP contribution >= 0.6 is 11.6 Å². The van der Waals surface area contributed by atoms with E-state index in [1.807, 2.05) is 28.7 Å². The lowest BCUT2D eigenvalue weighted by atomic mass is 10.2. The summed E-state index contributed by atoms with van der Waals surface area (Å²) < 4.78 is 1.91. The standard InChI is InChI=1S/C13H9ClN2O/c14-10-3-1-2-9(6-10)13-15-8-11-7-12(17)4-5-16(11)13/h1-8,17H. The fraction of sp³-hybridized carbons (Fsp3) is 0. The molecule has 0 aliphatic rings. The minimum absolute atomic E-state index is 0.232. The van der Waals surface area contributed by atoms with Gasteiger partial charge in [0.05, 0.1) is 11.7 Å². The number of aromatic nitrogens is 2. The van der Waals surface area contributed by atoms with E-state index in [1.54, 1.807) is 24.5 Å². The van der Waals surface area contributed by atoms with Gasteiger partial charge >= 0.3 is 0 Å². The number of benzene rings is 1. The van der Waals surface area contributed by atoms with Crippen LogP contribution in [0.25, 0.3) is 16.9 Å². The van der Waals surface area contributed by atoms with Crippen molar-refractivity contribution in [3.63, 3.8) is 0 Å². The van der Waals surface area contributed by atoms with Gasteiger partial charge in [-0.15, -0.1) is 0 Å². The monoisotopic (exact) mass is 244 g/mol. The number of rotatable bonds is 1. The number of hydrogen-bond acceptors (Lipinski definition) is 2. The molecule has 1 aromatic carbocycles. The highest BCUT2D eigenvalue weighted by Crippen LogP contribution is 2.24. The summed E-state index contributed by atoms with van der Waals surface area (Å²) in [6.07, 6.45) is 3.50. The fourth-order valence-corrected chi connectivity index (χ4v) is 2.02. The summed E-state index contributed by atoms with van der Waals surface area (Å²) in [6, 6.07) is 10.8. The van der Waals surface area contributed by atoms with Crippen LogP contribution in [0.2, 0.25) is 5.02 Å². The first kappa shape index (κ1) is 10.2. The molecular weight excluding hydrogens is 236 g/mol. The molecule has 2 heterocycles. The van der Waals surface area contributed by atoms with Crippen molar-refractivity contribution in [1.82, 2.24) is 9.38 Å². The molecule has 0 bridgehead atoms. The number of pyridine rings is 1.